The lowest BCUT2D eigenvalue weighted by molar-refractivity contribution is -0.123. The van der Waals surface area contributed by atoms with Crippen LogP contribution in [0.1, 0.15) is 38.2 Å². The molecule has 5 heteroatoms. The van der Waals surface area contributed by atoms with E-state index in [0.717, 1.165) is 23.4 Å². The molecule has 0 aromatic heterocycles. The van der Waals surface area contributed by atoms with E-state index in [2.05, 4.69) is 10.5 Å². The minimum absolute atomic E-state index is 0.0477. The lowest BCUT2D eigenvalue weighted by Crippen LogP contribution is -2.26. The minimum atomic E-state index is 0.0477. The number of hydrogen-bond donors (Lipinski definition) is 1. The summed E-state index contributed by atoms with van der Waals surface area (Å²) in [5.74, 6) is 1.61. The number of nitrogens with one attached hydrogen (secondary N) is 1. The highest BCUT2D eigenvalue weighted by Crippen LogP contribution is 2.65. The number of nitrogens with zero attached hydrogens (tertiary/aromatic N) is 1. The molecule has 0 unspecified atom stereocenters. The van der Waals surface area contributed by atoms with Gasteiger partial charge in [0.05, 0.1) is 19.9 Å². The zero-order valence-electron chi connectivity index (χ0n) is 13.3. The standard InChI is InChI=1S/C17H22N2O3/c1-11(13-6-5-12(21-2)9-15(13)22-3)18-19-16(20)14-10-17(14)7-4-8-17/h5-6,9,14H,4,7-8,10H2,1-3H3,(H,19,20)/b18-11-/t14-/m0/s1. The van der Waals surface area contributed by atoms with Crippen molar-refractivity contribution in [3.05, 3.63) is 23.8 Å². The van der Waals surface area contributed by atoms with E-state index in [1.165, 1.54) is 19.3 Å². The molecule has 2 saturated carbocycles. The third-order valence-corrected chi connectivity index (χ3v) is 4.99. The first-order valence-electron chi connectivity index (χ1n) is 7.66. The predicted molar refractivity (Wildman–Crippen MR) is 84.3 cm³/mol. The van der Waals surface area contributed by atoms with Gasteiger partial charge in [0, 0.05) is 17.5 Å². The summed E-state index contributed by atoms with van der Waals surface area (Å²) >= 11 is 0. The van der Waals surface area contributed by atoms with Gasteiger partial charge in [0.1, 0.15) is 11.5 Å². The van der Waals surface area contributed by atoms with Crippen molar-refractivity contribution < 1.29 is 14.3 Å². The molecule has 1 atom stereocenters. The number of amides is 1. The summed E-state index contributed by atoms with van der Waals surface area (Å²) in [6, 6.07) is 5.54. The van der Waals surface area contributed by atoms with Crippen LogP contribution < -0.4 is 14.9 Å². The Morgan fingerprint density at radius 2 is 2.09 bits per heavy atom. The lowest BCUT2D eigenvalue weighted by atomic mass is 9.80. The maximum absolute atomic E-state index is 12.1. The van der Waals surface area contributed by atoms with Gasteiger partial charge < -0.3 is 9.47 Å². The highest BCUT2D eigenvalue weighted by atomic mass is 16.5. The topological polar surface area (TPSA) is 59.9 Å². The molecule has 5 nitrogen and oxygen atoms in total. The van der Waals surface area contributed by atoms with Crippen LogP contribution in [0.25, 0.3) is 0 Å². The highest BCUT2D eigenvalue weighted by Gasteiger charge is 2.60. The van der Waals surface area contributed by atoms with Gasteiger partial charge in [-0.1, -0.05) is 6.42 Å². The zero-order chi connectivity index (χ0) is 15.7. The molecule has 22 heavy (non-hydrogen) atoms. The number of carbonyl (C=O) groups excluding carboxylic acids is 1. The van der Waals surface area contributed by atoms with Gasteiger partial charge in [-0.05, 0) is 43.7 Å². The van der Waals surface area contributed by atoms with Gasteiger partial charge in [-0.15, -0.1) is 0 Å². The molecule has 1 spiro atoms. The van der Waals surface area contributed by atoms with E-state index in [1.54, 1.807) is 20.3 Å². The first kappa shape index (κ1) is 14.9. The fraction of sp³-hybridized carbons (Fsp3) is 0.529. The molecule has 0 saturated heterocycles. The number of ether oxygens (including phenoxy) is 2. The van der Waals surface area contributed by atoms with Crippen LogP contribution in [0.15, 0.2) is 23.3 Å². The van der Waals surface area contributed by atoms with Gasteiger partial charge in [0.15, 0.2) is 0 Å². The Morgan fingerprint density at radius 1 is 1.32 bits per heavy atom. The van der Waals surface area contributed by atoms with Gasteiger partial charge in [0.2, 0.25) is 5.91 Å². The molecule has 1 aromatic carbocycles. The van der Waals surface area contributed by atoms with Crippen LogP contribution in [-0.2, 0) is 4.79 Å². The maximum atomic E-state index is 12.1. The second kappa shape index (κ2) is 5.63. The van der Waals surface area contributed by atoms with Crippen molar-refractivity contribution in [1.82, 2.24) is 5.43 Å². The molecule has 3 rings (SSSR count). The molecular weight excluding hydrogens is 280 g/mol. The largest absolute Gasteiger partial charge is 0.497 e. The number of rotatable bonds is 5. The summed E-state index contributed by atoms with van der Waals surface area (Å²) < 4.78 is 10.5. The Labute approximate surface area is 130 Å². The van der Waals surface area contributed by atoms with E-state index in [4.69, 9.17) is 9.47 Å². The molecule has 2 aliphatic carbocycles. The van der Waals surface area contributed by atoms with Crippen molar-refractivity contribution in [2.24, 2.45) is 16.4 Å². The average molecular weight is 302 g/mol. The first-order valence-corrected chi connectivity index (χ1v) is 7.66. The van der Waals surface area contributed by atoms with E-state index >= 15 is 0 Å². The molecule has 1 aromatic rings. The summed E-state index contributed by atoms with van der Waals surface area (Å²) in [4.78, 5) is 12.1. The molecule has 118 valence electrons. The molecule has 0 aliphatic heterocycles. The van der Waals surface area contributed by atoms with Gasteiger partial charge >= 0.3 is 0 Å². The van der Waals surface area contributed by atoms with E-state index in [-0.39, 0.29) is 11.8 Å². The van der Waals surface area contributed by atoms with Crippen LogP contribution in [0.5, 0.6) is 11.5 Å². The van der Waals surface area contributed by atoms with E-state index < -0.39 is 0 Å². The summed E-state index contributed by atoms with van der Waals surface area (Å²) in [6.07, 6.45) is 4.68. The number of benzene rings is 1. The van der Waals surface area contributed by atoms with Crippen LogP contribution in [0.3, 0.4) is 0 Å². The van der Waals surface area contributed by atoms with E-state index in [0.29, 0.717) is 11.2 Å². The van der Waals surface area contributed by atoms with Crippen LogP contribution >= 0.6 is 0 Å². The van der Waals surface area contributed by atoms with Crippen molar-refractivity contribution in [2.75, 3.05) is 14.2 Å². The molecule has 1 N–H and O–H groups in total. The summed E-state index contributed by atoms with van der Waals surface area (Å²) in [6.45, 7) is 1.86. The van der Waals surface area contributed by atoms with E-state index in [9.17, 15) is 4.79 Å². The monoisotopic (exact) mass is 302 g/mol. The zero-order valence-corrected chi connectivity index (χ0v) is 13.3. The Morgan fingerprint density at radius 3 is 2.64 bits per heavy atom. The Balaban J connectivity index is 1.68. The Hall–Kier alpha value is -2.04. The molecule has 2 fully saturated rings. The van der Waals surface area contributed by atoms with Gasteiger partial charge in [-0.25, -0.2) is 5.43 Å². The normalized spacial score (nSPS) is 22.0. The second-order valence-electron chi connectivity index (χ2n) is 6.21. The number of hydrazone groups is 1. The van der Waals surface area contributed by atoms with Crippen LogP contribution in [0.4, 0.5) is 0 Å². The molecule has 0 heterocycles. The molecule has 0 bridgehead atoms. The fourth-order valence-corrected chi connectivity index (χ4v) is 3.28. The quantitative estimate of drug-likeness (QED) is 0.672. The van der Waals surface area contributed by atoms with Crippen molar-refractivity contribution in [1.29, 1.82) is 0 Å². The van der Waals surface area contributed by atoms with Crippen molar-refractivity contribution in [3.63, 3.8) is 0 Å². The van der Waals surface area contributed by atoms with Crippen LogP contribution in [-0.4, -0.2) is 25.8 Å². The Bertz CT molecular complexity index is 620. The van der Waals surface area contributed by atoms with Gasteiger partial charge in [-0.2, -0.15) is 5.10 Å². The third-order valence-electron chi connectivity index (χ3n) is 4.99. The number of methoxy groups -OCH3 is 2. The number of carbonyl (C=O) groups is 1. The highest BCUT2D eigenvalue weighted by molar-refractivity contribution is 6.02. The van der Waals surface area contributed by atoms with E-state index in [1.807, 2.05) is 19.1 Å². The lowest BCUT2D eigenvalue weighted by Gasteiger charge is -2.25. The van der Waals surface area contributed by atoms with Crippen molar-refractivity contribution >= 4 is 11.6 Å². The SMILES string of the molecule is COc1ccc(/C(C)=N\NC(=O)[C@@H]2CC23CCC3)c(OC)c1. The fourth-order valence-electron chi connectivity index (χ4n) is 3.28. The first-order chi connectivity index (χ1) is 10.6. The van der Waals surface area contributed by atoms with Crippen molar-refractivity contribution in [2.45, 2.75) is 32.6 Å². The van der Waals surface area contributed by atoms with Crippen molar-refractivity contribution in [3.8, 4) is 11.5 Å². The molecule has 2 aliphatic rings. The third kappa shape index (κ3) is 2.56. The minimum Gasteiger partial charge on any atom is -0.497 e. The Kier molecular flexibility index (Phi) is 3.81. The van der Waals surface area contributed by atoms with Gasteiger partial charge in [0.25, 0.3) is 0 Å². The average Bonchev–Trinajstić information content (AvgIpc) is 3.27. The smallest absolute Gasteiger partial charge is 0.243 e. The summed E-state index contributed by atoms with van der Waals surface area (Å²) in [7, 11) is 3.22. The van der Waals surface area contributed by atoms with Crippen LogP contribution in [0, 0.1) is 11.3 Å². The second-order valence-corrected chi connectivity index (χ2v) is 6.21. The maximum Gasteiger partial charge on any atom is 0.243 e. The van der Waals surface area contributed by atoms with Crippen LogP contribution in [0.2, 0.25) is 0 Å². The molecule has 0 radical (unpaired) electrons. The number of hydrogen-bond acceptors (Lipinski definition) is 4. The molecular formula is C17H22N2O3. The summed E-state index contributed by atoms with van der Waals surface area (Å²) in [5.41, 5.74) is 4.60. The van der Waals surface area contributed by atoms with Gasteiger partial charge in [-0.3, -0.25) is 4.79 Å². The summed E-state index contributed by atoms with van der Waals surface area (Å²) in [5, 5.41) is 4.24. The predicted octanol–water partition coefficient (Wildman–Crippen LogP) is 2.73. The molecule has 1 amide bonds.